The van der Waals surface area contributed by atoms with Crippen LogP contribution in [-0.2, 0) is 6.67 Å². The number of nitrogens with zero attached hydrogens (tertiary/aromatic N) is 2. The largest absolute Gasteiger partial charge is 0.507 e. The van der Waals surface area contributed by atoms with E-state index in [2.05, 4.69) is 0 Å². The van der Waals surface area contributed by atoms with E-state index in [1.165, 1.54) is 12.1 Å². The summed E-state index contributed by atoms with van der Waals surface area (Å²) in [7, 11) is 3.44. The Bertz CT molecular complexity index is 732. The number of phenolic OH excluding ortho intramolecular Hbond substituents is 2. The molecule has 0 aliphatic heterocycles. The smallest absolute Gasteiger partial charge is 0.322 e. The van der Waals surface area contributed by atoms with E-state index >= 15 is 0 Å². The molecule has 116 valence electrons. The van der Waals surface area contributed by atoms with Gasteiger partial charge in [-0.3, -0.25) is 10.1 Å². The molecule has 0 unspecified atom stereocenters. The third-order valence-electron chi connectivity index (χ3n) is 3.28. The fourth-order valence-electron chi connectivity index (χ4n) is 2.28. The van der Waals surface area contributed by atoms with Crippen LogP contribution in [0.2, 0.25) is 0 Å². The van der Waals surface area contributed by atoms with Crippen molar-refractivity contribution in [1.29, 1.82) is 0 Å². The van der Waals surface area contributed by atoms with Gasteiger partial charge in [-0.2, -0.15) is 0 Å². The van der Waals surface area contributed by atoms with Crippen molar-refractivity contribution >= 4 is 11.4 Å². The highest BCUT2D eigenvalue weighted by Crippen LogP contribution is 2.46. The summed E-state index contributed by atoms with van der Waals surface area (Å²) >= 11 is 0. The van der Waals surface area contributed by atoms with Crippen LogP contribution in [-0.4, -0.2) is 29.2 Å². The van der Waals surface area contributed by atoms with Crippen molar-refractivity contribution in [2.24, 2.45) is 0 Å². The van der Waals surface area contributed by atoms with Crippen LogP contribution in [0.25, 0.3) is 11.1 Å². The number of hydrogen-bond acceptors (Lipinski definition) is 5. The summed E-state index contributed by atoms with van der Waals surface area (Å²) in [6.45, 7) is -0.742. The van der Waals surface area contributed by atoms with Gasteiger partial charge in [-0.1, -0.05) is 6.07 Å². The molecule has 0 heterocycles. The highest BCUT2D eigenvalue weighted by atomic mass is 19.1. The van der Waals surface area contributed by atoms with Crippen LogP contribution in [0.15, 0.2) is 30.3 Å². The minimum absolute atomic E-state index is 0.135. The summed E-state index contributed by atoms with van der Waals surface area (Å²) in [4.78, 5) is 12.2. The molecule has 0 fully saturated rings. The molecule has 0 saturated carbocycles. The highest BCUT2D eigenvalue weighted by molar-refractivity contribution is 5.90. The fraction of sp³-hybridized carbons (Fsp3) is 0.200. The molecule has 0 atom stereocenters. The number of alkyl halides is 1. The lowest BCUT2D eigenvalue weighted by Crippen LogP contribution is -2.10. The third kappa shape index (κ3) is 2.65. The van der Waals surface area contributed by atoms with Gasteiger partial charge in [0.05, 0.1) is 4.92 Å². The van der Waals surface area contributed by atoms with E-state index in [1.807, 2.05) is 0 Å². The predicted molar refractivity (Wildman–Crippen MR) is 81.0 cm³/mol. The minimum Gasteiger partial charge on any atom is -0.507 e. The Labute approximate surface area is 126 Å². The van der Waals surface area contributed by atoms with E-state index in [4.69, 9.17) is 0 Å². The molecular formula is C15H15FN2O4. The van der Waals surface area contributed by atoms with E-state index in [9.17, 15) is 24.7 Å². The maximum absolute atomic E-state index is 12.9. The number of nitro groups is 1. The van der Waals surface area contributed by atoms with Crippen LogP contribution < -0.4 is 4.90 Å². The zero-order valence-corrected chi connectivity index (χ0v) is 12.1. The summed E-state index contributed by atoms with van der Waals surface area (Å²) in [5.74, 6) is -0.920. The Balaban J connectivity index is 2.86. The maximum atomic E-state index is 12.9. The molecule has 0 bridgehead atoms. The van der Waals surface area contributed by atoms with Gasteiger partial charge < -0.3 is 15.1 Å². The van der Waals surface area contributed by atoms with Crippen LogP contribution in [0.1, 0.15) is 5.56 Å². The molecule has 0 aromatic heterocycles. The molecular weight excluding hydrogens is 291 g/mol. The van der Waals surface area contributed by atoms with Crippen LogP contribution in [0.5, 0.6) is 11.5 Å². The molecule has 0 aliphatic carbocycles. The molecule has 2 aromatic rings. The van der Waals surface area contributed by atoms with Crippen LogP contribution in [0.4, 0.5) is 15.8 Å². The fourth-order valence-corrected chi connectivity index (χ4v) is 2.28. The van der Waals surface area contributed by atoms with E-state index in [-0.39, 0.29) is 16.9 Å². The van der Waals surface area contributed by atoms with Crippen molar-refractivity contribution in [3.8, 4) is 22.6 Å². The first-order valence-electron chi connectivity index (χ1n) is 6.42. The van der Waals surface area contributed by atoms with Gasteiger partial charge in [-0.25, -0.2) is 4.39 Å². The molecule has 6 nitrogen and oxygen atoms in total. The number of rotatable bonds is 4. The lowest BCUT2D eigenvalue weighted by molar-refractivity contribution is -0.385. The number of aromatic hydroxyl groups is 2. The molecule has 0 radical (unpaired) electrons. The lowest BCUT2D eigenvalue weighted by Gasteiger charge is -2.19. The predicted octanol–water partition coefficient (Wildman–Crippen LogP) is 3.21. The van der Waals surface area contributed by atoms with Gasteiger partial charge in [0.25, 0.3) is 0 Å². The van der Waals surface area contributed by atoms with Crippen molar-refractivity contribution in [2.45, 2.75) is 6.67 Å². The third-order valence-corrected chi connectivity index (χ3v) is 3.28. The first-order chi connectivity index (χ1) is 10.4. The zero-order chi connectivity index (χ0) is 16.4. The van der Waals surface area contributed by atoms with Crippen LogP contribution in [0.3, 0.4) is 0 Å². The average molecular weight is 306 g/mol. The van der Waals surface area contributed by atoms with E-state index in [0.29, 0.717) is 11.3 Å². The monoisotopic (exact) mass is 306 g/mol. The van der Waals surface area contributed by atoms with Crippen molar-refractivity contribution in [1.82, 2.24) is 0 Å². The van der Waals surface area contributed by atoms with Crippen molar-refractivity contribution in [2.75, 3.05) is 19.0 Å². The molecule has 2 N–H and O–H groups in total. The molecule has 0 spiro atoms. The van der Waals surface area contributed by atoms with E-state index in [0.717, 1.165) is 6.07 Å². The second kappa shape index (κ2) is 5.88. The normalized spacial score (nSPS) is 10.5. The van der Waals surface area contributed by atoms with Crippen molar-refractivity contribution in [3.05, 3.63) is 46.0 Å². The summed E-state index contributed by atoms with van der Waals surface area (Å²) < 4.78 is 12.9. The highest BCUT2D eigenvalue weighted by Gasteiger charge is 2.27. The van der Waals surface area contributed by atoms with Gasteiger partial charge in [-0.15, -0.1) is 0 Å². The van der Waals surface area contributed by atoms with E-state index in [1.54, 1.807) is 31.1 Å². The molecule has 0 saturated heterocycles. The topological polar surface area (TPSA) is 86.8 Å². The number of nitro benzene ring substituents is 1. The molecule has 2 rings (SSSR count). The molecule has 22 heavy (non-hydrogen) atoms. The molecule has 0 aliphatic rings. The van der Waals surface area contributed by atoms with Crippen molar-refractivity contribution < 1.29 is 19.5 Å². The first-order valence-corrected chi connectivity index (χ1v) is 6.42. The average Bonchev–Trinajstić information content (AvgIpc) is 2.48. The Kier molecular flexibility index (Phi) is 4.16. The summed E-state index contributed by atoms with van der Waals surface area (Å²) in [6.07, 6.45) is 0. The Morgan fingerprint density at radius 2 is 1.82 bits per heavy atom. The quantitative estimate of drug-likeness (QED) is 0.514. The summed E-state index contributed by atoms with van der Waals surface area (Å²) in [6, 6.07) is 6.81. The van der Waals surface area contributed by atoms with Gasteiger partial charge >= 0.3 is 5.69 Å². The van der Waals surface area contributed by atoms with Crippen molar-refractivity contribution in [3.63, 3.8) is 0 Å². The van der Waals surface area contributed by atoms with Gasteiger partial charge in [0.1, 0.15) is 18.0 Å². The second-order valence-corrected chi connectivity index (χ2v) is 4.96. The number of benzene rings is 2. The van der Waals surface area contributed by atoms with Crippen LogP contribution >= 0.6 is 0 Å². The van der Waals surface area contributed by atoms with Gasteiger partial charge in [0, 0.05) is 25.3 Å². The number of hydrogen-bond donors (Lipinski definition) is 2. The Morgan fingerprint density at radius 3 is 2.36 bits per heavy atom. The summed E-state index contributed by atoms with van der Waals surface area (Å²) in [5.41, 5.74) is 0.405. The Morgan fingerprint density at radius 1 is 1.18 bits per heavy atom. The molecule has 7 heteroatoms. The summed E-state index contributed by atoms with van der Waals surface area (Å²) in [5, 5.41) is 31.1. The maximum Gasteiger partial charge on any atom is 0.322 e. The standard InChI is InChI=1S/C15H15FN2O4/c1-17(2)11-4-3-9(8-16)7-10(11)14-12(19)5-6-13(20)15(14)18(21)22/h3-7,19-20H,8H2,1-2H3. The van der Waals surface area contributed by atoms with E-state index < -0.39 is 23.0 Å². The van der Waals surface area contributed by atoms with Gasteiger partial charge in [0.2, 0.25) is 0 Å². The van der Waals surface area contributed by atoms with Gasteiger partial charge in [0.15, 0.2) is 5.75 Å². The molecule has 2 aromatic carbocycles. The number of phenols is 2. The lowest BCUT2D eigenvalue weighted by atomic mass is 9.97. The first kappa shape index (κ1) is 15.6. The Hall–Kier alpha value is -2.83. The minimum atomic E-state index is -0.772. The number of anilines is 1. The van der Waals surface area contributed by atoms with Crippen LogP contribution in [0, 0.1) is 10.1 Å². The zero-order valence-electron chi connectivity index (χ0n) is 12.1. The molecule has 0 amide bonds. The SMILES string of the molecule is CN(C)c1ccc(CF)cc1-c1c(O)ccc(O)c1[N+](=O)[O-]. The van der Waals surface area contributed by atoms with Gasteiger partial charge in [-0.05, 0) is 29.8 Å². The second-order valence-electron chi connectivity index (χ2n) is 4.96. The number of halogens is 1.